The topological polar surface area (TPSA) is 12.4 Å². The number of aliphatic imine (C=N–C) groups is 1. The Kier molecular flexibility index (Phi) is 3.16. The van der Waals surface area contributed by atoms with Crippen LogP contribution >= 0.6 is 0 Å². The summed E-state index contributed by atoms with van der Waals surface area (Å²) in [4.78, 5) is 4.49. The minimum atomic E-state index is 1.03. The molecule has 0 aromatic heterocycles. The van der Waals surface area contributed by atoms with E-state index < -0.39 is 0 Å². The average molecular weight is 209 g/mol. The van der Waals surface area contributed by atoms with Gasteiger partial charge in [0, 0.05) is 6.21 Å². The first-order valence-electron chi connectivity index (χ1n) is 5.42. The summed E-state index contributed by atoms with van der Waals surface area (Å²) < 4.78 is 0. The number of hydrogen-bond acceptors (Lipinski definition) is 1. The number of nitrogens with zero attached hydrogens (tertiary/aromatic N) is 1. The quantitative estimate of drug-likeness (QED) is 0.661. The van der Waals surface area contributed by atoms with Gasteiger partial charge in [-0.1, -0.05) is 48.0 Å². The van der Waals surface area contributed by atoms with Gasteiger partial charge in [-0.25, -0.2) is 0 Å². The summed E-state index contributed by atoms with van der Waals surface area (Å²) in [7, 11) is 0. The van der Waals surface area contributed by atoms with Gasteiger partial charge in [0.1, 0.15) is 0 Å². The third kappa shape index (κ3) is 2.57. The Morgan fingerprint density at radius 1 is 0.938 bits per heavy atom. The first kappa shape index (κ1) is 10.6. The lowest BCUT2D eigenvalue weighted by molar-refractivity contribution is 1.40. The minimum Gasteiger partial charge on any atom is -0.256 e. The van der Waals surface area contributed by atoms with Gasteiger partial charge in [-0.2, -0.15) is 0 Å². The summed E-state index contributed by atoms with van der Waals surface area (Å²) in [6.45, 7) is 4.16. The zero-order valence-corrected chi connectivity index (χ0v) is 9.64. The van der Waals surface area contributed by atoms with Crippen molar-refractivity contribution in [2.75, 3.05) is 0 Å². The molecule has 0 saturated heterocycles. The van der Waals surface area contributed by atoms with Gasteiger partial charge in [0.2, 0.25) is 0 Å². The first-order valence-corrected chi connectivity index (χ1v) is 5.42. The molecule has 0 heterocycles. The molecule has 0 aliphatic rings. The highest BCUT2D eigenvalue weighted by atomic mass is 14.7. The molecular weight excluding hydrogens is 194 g/mol. The molecular formula is C15H15N. The van der Waals surface area contributed by atoms with E-state index in [2.05, 4.69) is 49.2 Å². The Morgan fingerprint density at radius 2 is 1.75 bits per heavy atom. The van der Waals surface area contributed by atoms with E-state index in [1.54, 1.807) is 0 Å². The van der Waals surface area contributed by atoms with Gasteiger partial charge in [0.05, 0.1) is 5.69 Å². The summed E-state index contributed by atoms with van der Waals surface area (Å²) in [6.07, 6.45) is 1.91. The first-order chi connectivity index (χ1) is 7.75. The zero-order chi connectivity index (χ0) is 11.4. The molecule has 0 aliphatic carbocycles. The monoisotopic (exact) mass is 209 g/mol. The van der Waals surface area contributed by atoms with E-state index in [9.17, 15) is 0 Å². The molecule has 2 aromatic carbocycles. The molecule has 0 spiro atoms. The van der Waals surface area contributed by atoms with Gasteiger partial charge in [0.15, 0.2) is 0 Å². The molecule has 80 valence electrons. The molecule has 1 heteroatoms. The fraction of sp³-hybridized carbons (Fsp3) is 0.133. The van der Waals surface area contributed by atoms with Crippen molar-refractivity contribution in [2.45, 2.75) is 13.8 Å². The van der Waals surface area contributed by atoms with Crippen molar-refractivity contribution in [3.8, 4) is 0 Å². The minimum absolute atomic E-state index is 1.03. The van der Waals surface area contributed by atoms with Crippen LogP contribution in [0.25, 0.3) is 0 Å². The standard InChI is InChI=1S/C15H15N/c1-12-6-5-8-14(10-12)11-16-15-9-4-3-7-13(15)2/h3-11H,1-2H3. The molecule has 16 heavy (non-hydrogen) atoms. The summed E-state index contributed by atoms with van der Waals surface area (Å²) >= 11 is 0. The maximum atomic E-state index is 4.49. The zero-order valence-electron chi connectivity index (χ0n) is 9.64. The highest BCUT2D eigenvalue weighted by molar-refractivity contribution is 5.82. The number of hydrogen-bond donors (Lipinski definition) is 0. The van der Waals surface area contributed by atoms with Crippen molar-refractivity contribution < 1.29 is 0 Å². The predicted molar refractivity (Wildman–Crippen MR) is 69.6 cm³/mol. The number of para-hydroxylation sites is 1. The average Bonchev–Trinajstić information content (AvgIpc) is 2.28. The van der Waals surface area contributed by atoms with E-state index in [0.29, 0.717) is 0 Å². The number of aryl methyl sites for hydroxylation is 2. The van der Waals surface area contributed by atoms with E-state index in [1.165, 1.54) is 11.1 Å². The molecule has 0 bridgehead atoms. The lowest BCUT2D eigenvalue weighted by Crippen LogP contribution is -1.82. The van der Waals surface area contributed by atoms with Crippen LogP contribution in [0.4, 0.5) is 5.69 Å². The van der Waals surface area contributed by atoms with Crippen molar-refractivity contribution in [1.29, 1.82) is 0 Å². The second-order valence-electron chi connectivity index (χ2n) is 3.96. The maximum absolute atomic E-state index is 4.49. The normalized spacial score (nSPS) is 10.9. The van der Waals surface area contributed by atoms with Crippen LogP contribution in [0.2, 0.25) is 0 Å². The summed E-state index contributed by atoms with van der Waals surface area (Å²) in [5.41, 5.74) is 4.63. The molecule has 2 rings (SSSR count). The molecule has 0 N–H and O–H groups in total. The second kappa shape index (κ2) is 4.75. The highest BCUT2D eigenvalue weighted by Crippen LogP contribution is 2.16. The van der Waals surface area contributed by atoms with Crippen LogP contribution in [0, 0.1) is 13.8 Å². The molecule has 0 atom stereocenters. The van der Waals surface area contributed by atoms with E-state index in [-0.39, 0.29) is 0 Å². The summed E-state index contributed by atoms with van der Waals surface area (Å²) in [5.74, 6) is 0. The fourth-order valence-corrected chi connectivity index (χ4v) is 1.60. The fourth-order valence-electron chi connectivity index (χ4n) is 1.60. The van der Waals surface area contributed by atoms with Gasteiger partial charge in [0.25, 0.3) is 0 Å². The molecule has 0 radical (unpaired) electrons. The maximum Gasteiger partial charge on any atom is 0.0659 e. The van der Waals surface area contributed by atoms with E-state index in [1.807, 2.05) is 24.4 Å². The highest BCUT2D eigenvalue weighted by Gasteiger charge is 1.93. The third-order valence-electron chi connectivity index (χ3n) is 2.51. The molecule has 1 nitrogen and oxygen atoms in total. The smallest absolute Gasteiger partial charge is 0.0659 e. The second-order valence-corrected chi connectivity index (χ2v) is 3.96. The summed E-state index contributed by atoms with van der Waals surface area (Å²) in [6, 6.07) is 16.5. The van der Waals surface area contributed by atoms with Gasteiger partial charge in [-0.15, -0.1) is 0 Å². The van der Waals surface area contributed by atoms with Crippen LogP contribution in [0.5, 0.6) is 0 Å². The molecule has 2 aromatic rings. The van der Waals surface area contributed by atoms with Gasteiger partial charge < -0.3 is 0 Å². The Bertz CT molecular complexity index is 512. The Hall–Kier alpha value is -1.89. The van der Waals surface area contributed by atoms with Gasteiger partial charge >= 0.3 is 0 Å². The van der Waals surface area contributed by atoms with Crippen molar-refractivity contribution >= 4 is 11.9 Å². The predicted octanol–water partition coefficient (Wildman–Crippen LogP) is 4.05. The van der Waals surface area contributed by atoms with Crippen LogP contribution in [0.3, 0.4) is 0 Å². The van der Waals surface area contributed by atoms with E-state index in [0.717, 1.165) is 11.3 Å². The largest absolute Gasteiger partial charge is 0.256 e. The number of benzene rings is 2. The van der Waals surface area contributed by atoms with E-state index >= 15 is 0 Å². The van der Waals surface area contributed by atoms with Crippen LogP contribution < -0.4 is 0 Å². The Balaban J connectivity index is 2.25. The molecule has 0 amide bonds. The van der Waals surface area contributed by atoms with Crippen molar-refractivity contribution in [2.24, 2.45) is 4.99 Å². The SMILES string of the molecule is Cc1cccc(C=Nc2ccccc2C)c1. The van der Waals surface area contributed by atoms with E-state index in [4.69, 9.17) is 0 Å². The molecule has 0 saturated carbocycles. The Morgan fingerprint density at radius 3 is 2.50 bits per heavy atom. The van der Waals surface area contributed by atoms with Crippen molar-refractivity contribution in [3.63, 3.8) is 0 Å². The van der Waals surface area contributed by atoms with Gasteiger partial charge in [-0.05, 0) is 31.0 Å². The van der Waals surface area contributed by atoms with Crippen LogP contribution in [0.1, 0.15) is 16.7 Å². The van der Waals surface area contributed by atoms with Gasteiger partial charge in [-0.3, -0.25) is 4.99 Å². The van der Waals surface area contributed by atoms with Crippen LogP contribution in [-0.4, -0.2) is 6.21 Å². The molecule has 0 fully saturated rings. The lowest BCUT2D eigenvalue weighted by Gasteiger charge is -1.99. The van der Waals surface area contributed by atoms with Crippen LogP contribution in [0.15, 0.2) is 53.5 Å². The molecule has 0 unspecified atom stereocenters. The van der Waals surface area contributed by atoms with Crippen molar-refractivity contribution in [1.82, 2.24) is 0 Å². The third-order valence-corrected chi connectivity index (χ3v) is 2.51. The van der Waals surface area contributed by atoms with Crippen molar-refractivity contribution in [3.05, 3.63) is 65.2 Å². The Labute approximate surface area is 96.5 Å². The lowest BCUT2D eigenvalue weighted by atomic mass is 10.1. The van der Waals surface area contributed by atoms with Crippen LogP contribution in [-0.2, 0) is 0 Å². The number of rotatable bonds is 2. The summed E-state index contributed by atoms with van der Waals surface area (Å²) in [5, 5.41) is 0. The molecule has 0 aliphatic heterocycles.